The molecule has 2 rings (SSSR count). The molecule has 1 aromatic carbocycles. The van der Waals surface area contributed by atoms with Crippen molar-refractivity contribution in [2.75, 3.05) is 12.8 Å². The maximum absolute atomic E-state index is 13.7. The number of rotatable bonds is 2. The van der Waals surface area contributed by atoms with E-state index in [0.29, 0.717) is 5.75 Å². The molecule has 0 unspecified atom stereocenters. The fourth-order valence-corrected chi connectivity index (χ4v) is 1.48. The van der Waals surface area contributed by atoms with Crippen LogP contribution >= 0.6 is 0 Å². The Hall–Kier alpha value is -2.04. The minimum absolute atomic E-state index is 0.217. The number of benzene rings is 1. The lowest BCUT2D eigenvalue weighted by molar-refractivity contribution is 0.408. The lowest BCUT2D eigenvalue weighted by Gasteiger charge is -2.06. The minimum atomic E-state index is -0.394. The van der Waals surface area contributed by atoms with E-state index in [9.17, 15) is 4.39 Å². The zero-order chi connectivity index (χ0) is 11.7. The van der Waals surface area contributed by atoms with Crippen LogP contribution in [-0.2, 0) is 0 Å². The lowest BCUT2D eigenvalue weighted by Crippen LogP contribution is -1.91. The summed E-state index contributed by atoms with van der Waals surface area (Å²) in [6.45, 7) is 1.76. The third-order valence-corrected chi connectivity index (χ3v) is 2.28. The molecule has 5 heteroatoms. The fourth-order valence-electron chi connectivity index (χ4n) is 1.48. The van der Waals surface area contributed by atoms with Crippen molar-refractivity contribution in [3.8, 4) is 17.1 Å². The quantitative estimate of drug-likeness (QED) is 0.847. The molecule has 0 bridgehead atoms. The maximum Gasteiger partial charge on any atom is 0.172 e. The van der Waals surface area contributed by atoms with Gasteiger partial charge in [0.1, 0.15) is 11.6 Å². The van der Waals surface area contributed by atoms with E-state index in [-0.39, 0.29) is 17.1 Å². The van der Waals surface area contributed by atoms with Gasteiger partial charge in [0.25, 0.3) is 0 Å². The molecule has 0 radical (unpaired) electrons. The van der Waals surface area contributed by atoms with Crippen LogP contribution in [0, 0.1) is 12.7 Å². The van der Waals surface area contributed by atoms with Crippen LogP contribution in [0.1, 0.15) is 5.56 Å². The van der Waals surface area contributed by atoms with Gasteiger partial charge in [-0.1, -0.05) is 5.16 Å². The predicted molar refractivity (Wildman–Crippen MR) is 57.6 cm³/mol. The first kappa shape index (κ1) is 10.5. The van der Waals surface area contributed by atoms with E-state index in [2.05, 4.69) is 5.16 Å². The van der Waals surface area contributed by atoms with Crippen LogP contribution in [0.4, 0.5) is 10.2 Å². The van der Waals surface area contributed by atoms with Crippen molar-refractivity contribution in [3.63, 3.8) is 0 Å². The maximum atomic E-state index is 13.7. The van der Waals surface area contributed by atoms with Gasteiger partial charge in [-0.15, -0.1) is 0 Å². The summed E-state index contributed by atoms with van der Waals surface area (Å²) in [5.74, 6) is 0.697. The number of nitrogens with zero attached hydrogens (tertiary/aromatic N) is 1. The fraction of sp³-hybridized carbons (Fsp3) is 0.182. The number of aryl methyl sites for hydroxylation is 1. The van der Waals surface area contributed by atoms with E-state index in [4.69, 9.17) is 15.0 Å². The Morgan fingerprint density at radius 3 is 2.69 bits per heavy atom. The summed E-state index contributed by atoms with van der Waals surface area (Å²) in [5.41, 5.74) is 6.41. The normalized spacial score (nSPS) is 10.4. The van der Waals surface area contributed by atoms with Crippen molar-refractivity contribution >= 4 is 5.82 Å². The molecule has 0 saturated heterocycles. The van der Waals surface area contributed by atoms with Gasteiger partial charge in [0.15, 0.2) is 11.6 Å². The molecule has 4 nitrogen and oxygen atoms in total. The summed E-state index contributed by atoms with van der Waals surface area (Å²) < 4.78 is 23.7. The molecule has 1 heterocycles. The summed E-state index contributed by atoms with van der Waals surface area (Å²) >= 11 is 0. The molecule has 0 aliphatic heterocycles. The molecule has 0 aliphatic carbocycles. The van der Waals surface area contributed by atoms with E-state index in [1.165, 1.54) is 19.2 Å². The monoisotopic (exact) mass is 222 g/mol. The molecular weight excluding hydrogens is 211 g/mol. The predicted octanol–water partition coefficient (Wildman–Crippen LogP) is 2.38. The molecule has 2 aromatic rings. The number of nitrogens with two attached hydrogens (primary N) is 1. The summed E-state index contributed by atoms with van der Waals surface area (Å²) in [6, 6.07) is 4.41. The Balaban J connectivity index is 2.56. The first-order chi connectivity index (χ1) is 7.61. The first-order valence-corrected chi connectivity index (χ1v) is 4.68. The molecule has 0 aliphatic rings. The van der Waals surface area contributed by atoms with E-state index in [0.717, 1.165) is 5.56 Å². The van der Waals surface area contributed by atoms with Gasteiger partial charge >= 0.3 is 0 Å². The zero-order valence-electron chi connectivity index (χ0n) is 8.95. The van der Waals surface area contributed by atoms with Gasteiger partial charge in [-0.25, -0.2) is 4.39 Å². The van der Waals surface area contributed by atoms with Crippen LogP contribution in [-0.4, -0.2) is 12.3 Å². The van der Waals surface area contributed by atoms with Gasteiger partial charge in [0.2, 0.25) is 0 Å². The second-order valence-electron chi connectivity index (χ2n) is 3.42. The number of hydrogen-bond donors (Lipinski definition) is 1. The molecule has 0 spiro atoms. The zero-order valence-corrected chi connectivity index (χ0v) is 8.95. The Bertz CT molecular complexity index is 523. The largest absolute Gasteiger partial charge is 0.496 e. The van der Waals surface area contributed by atoms with Crippen molar-refractivity contribution in [2.24, 2.45) is 0 Å². The van der Waals surface area contributed by atoms with Gasteiger partial charge in [-0.2, -0.15) is 0 Å². The van der Waals surface area contributed by atoms with Gasteiger partial charge in [0.05, 0.1) is 12.7 Å². The first-order valence-electron chi connectivity index (χ1n) is 4.68. The van der Waals surface area contributed by atoms with Crippen LogP contribution in [0.15, 0.2) is 22.7 Å². The van der Waals surface area contributed by atoms with E-state index in [1.807, 2.05) is 0 Å². The highest BCUT2D eigenvalue weighted by molar-refractivity contribution is 5.63. The van der Waals surface area contributed by atoms with Gasteiger partial charge in [-0.05, 0) is 24.6 Å². The van der Waals surface area contributed by atoms with Gasteiger partial charge in [-0.3, -0.25) is 0 Å². The Kier molecular flexibility index (Phi) is 2.52. The Morgan fingerprint density at radius 1 is 1.38 bits per heavy atom. The Labute approximate surface area is 91.8 Å². The summed E-state index contributed by atoms with van der Waals surface area (Å²) in [7, 11) is 1.53. The van der Waals surface area contributed by atoms with Crippen molar-refractivity contribution < 1.29 is 13.7 Å². The third kappa shape index (κ3) is 1.71. The molecule has 0 amide bonds. The SMILES string of the molecule is COc1cc(-c2cc(N)no2)c(F)cc1C. The number of aromatic nitrogens is 1. The van der Waals surface area contributed by atoms with Crippen molar-refractivity contribution in [1.82, 2.24) is 5.16 Å². The van der Waals surface area contributed by atoms with Crippen molar-refractivity contribution in [3.05, 3.63) is 29.6 Å². The number of methoxy groups -OCH3 is 1. The minimum Gasteiger partial charge on any atom is -0.496 e. The van der Waals surface area contributed by atoms with Crippen LogP contribution in [0.25, 0.3) is 11.3 Å². The molecule has 2 N–H and O–H groups in total. The second-order valence-corrected chi connectivity index (χ2v) is 3.42. The standard InChI is InChI=1S/C11H11FN2O2/c1-6-3-8(12)7(4-9(6)15-2)10-5-11(13)14-16-10/h3-5H,1-2H3,(H2,13,14). The van der Waals surface area contributed by atoms with E-state index < -0.39 is 5.82 Å². The van der Waals surface area contributed by atoms with Crippen LogP contribution in [0.3, 0.4) is 0 Å². The third-order valence-electron chi connectivity index (χ3n) is 2.28. The average Bonchev–Trinajstić information content (AvgIpc) is 2.65. The van der Waals surface area contributed by atoms with Crippen molar-refractivity contribution in [1.29, 1.82) is 0 Å². The molecule has 84 valence electrons. The molecule has 0 atom stereocenters. The summed E-state index contributed by atoms with van der Waals surface area (Å²) in [5, 5.41) is 3.51. The lowest BCUT2D eigenvalue weighted by atomic mass is 10.1. The summed E-state index contributed by atoms with van der Waals surface area (Å²) in [4.78, 5) is 0. The van der Waals surface area contributed by atoms with Crippen molar-refractivity contribution in [2.45, 2.75) is 6.92 Å². The van der Waals surface area contributed by atoms with Gasteiger partial charge < -0.3 is 15.0 Å². The average molecular weight is 222 g/mol. The molecule has 16 heavy (non-hydrogen) atoms. The topological polar surface area (TPSA) is 61.3 Å². The van der Waals surface area contributed by atoms with E-state index in [1.54, 1.807) is 13.0 Å². The Morgan fingerprint density at radius 2 is 2.12 bits per heavy atom. The van der Waals surface area contributed by atoms with Gasteiger partial charge in [0, 0.05) is 6.07 Å². The van der Waals surface area contributed by atoms with E-state index >= 15 is 0 Å². The highest BCUT2D eigenvalue weighted by Gasteiger charge is 2.13. The summed E-state index contributed by atoms with van der Waals surface area (Å²) in [6.07, 6.45) is 0. The number of ether oxygens (including phenoxy) is 1. The number of halogens is 1. The van der Waals surface area contributed by atoms with Crippen LogP contribution in [0.5, 0.6) is 5.75 Å². The smallest absolute Gasteiger partial charge is 0.172 e. The molecule has 0 fully saturated rings. The molecule has 0 saturated carbocycles. The molecular formula is C11H11FN2O2. The number of anilines is 1. The number of hydrogen-bond acceptors (Lipinski definition) is 4. The van der Waals surface area contributed by atoms with Crippen LogP contribution < -0.4 is 10.5 Å². The second kappa shape index (κ2) is 3.84. The number of nitrogen functional groups attached to an aromatic ring is 1. The van der Waals surface area contributed by atoms with Crippen LogP contribution in [0.2, 0.25) is 0 Å². The highest BCUT2D eigenvalue weighted by atomic mass is 19.1. The molecule has 1 aromatic heterocycles. The highest BCUT2D eigenvalue weighted by Crippen LogP contribution is 2.30.